The van der Waals surface area contributed by atoms with Crippen molar-refractivity contribution in [3.8, 4) is 5.75 Å². The average molecular weight is 255 g/mol. The van der Waals surface area contributed by atoms with Gasteiger partial charge in [-0.2, -0.15) is 0 Å². The van der Waals surface area contributed by atoms with Crippen LogP contribution in [0.15, 0.2) is 42.6 Å². The van der Waals surface area contributed by atoms with E-state index in [9.17, 15) is 9.59 Å². The Morgan fingerprint density at radius 2 is 2.05 bits per heavy atom. The van der Waals surface area contributed by atoms with Crippen LogP contribution in [0.4, 0.5) is 5.82 Å². The summed E-state index contributed by atoms with van der Waals surface area (Å²) >= 11 is 0. The van der Waals surface area contributed by atoms with Gasteiger partial charge in [-0.3, -0.25) is 9.59 Å². The molecule has 0 unspecified atom stereocenters. The molecule has 1 aromatic carbocycles. The Morgan fingerprint density at radius 1 is 1.26 bits per heavy atom. The van der Waals surface area contributed by atoms with Gasteiger partial charge in [0, 0.05) is 11.8 Å². The molecule has 0 saturated heterocycles. The zero-order valence-corrected chi connectivity index (χ0v) is 10.2. The number of nitrogens with zero attached hydrogens (tertiary/aromatic N) is 1. The lowest BCUT2D eigenvalue weighted by Crippen LogP contribution is -2.14. The number of benzene rings is 1. The highest BCUT2D eigenvalue weighted by molar-refractivity contribution is 6.05. The number of rotatable bonds is 4. The van der Waals surface area contributed by atoms with Crippen LogP contribution in [0.2, 0.25) is 0 Å². The number of nitrogens with one attached hydrogen (secondary N) is 1. The van der Waals surface area contributed by atoms with Gasteiger partial charge in [0.15, 0.2) is 0 Å². The van der Waals surface area contributed by atoms with E-state index in [4.69, 9.17) is 4.74 Å². The largest absolute Gasteiger partial charge is 0.496 e. The fourth-order valence-corrected chi connectivity index (χ4v) is 1.54. The molecule has 1 amide bonds. The molecular formula is C14H11N2O3. The van der Waals surface area contributed by atoms with E-state index in [0.717, 1.165) is 0 Å². The van der Waals surface area contributed by atoms with Gasteiger partial charge in [-0.15, -0.1) is 0 Å². The number of carbonyl (C=O) groups excluding carboxylic acids is 2. The summed E-state index contributed by atoms with van der Waals surface area (Å²) in [5.41, 5.74) is 0.744. The average Bonchev–Trinajstić information content (AvgIpc) is 2.48. The summed E-state index contributed by atoms with van der Waals surface area (Å²) in [6, 6.07) is 9.94. The first-order valence-electron chi connectivity index (χ1n) is 5.53. The number of hydrogen-bond acceptors (Lipinski definition) is 4. The summed E-state index contributed by atoms with van der Waals surface area (Å²) in [7, 11) is 1.50. The Balaban J connectivity index is 2.18. The van der Waals surface area contributed by atoms with Crippen LogP contribution in [0.3, 0.4) is 0 Å². The lowest BCUT2D eigenvalue weighted by Gasteiger charge is -2.08. The number of hydrogen-bond donors (Lipinski definition) is 1. The van der Waals surface area contributed by atoms with Crippen molar-refractivity contribution in [2.75, 3.05) is 12.4 Å². The van der Waals surface area contributed by atoms with Gasteiger partial charge in [0.2, 0.25) is 6.29 Å². The van der Waals surface area contributed by atoms with Gasteiger partial charge in [0.1, 0.15) is 11.6 Å². The van der Waals surface area contributed by atoms with E-state index in [1.165, 1.54) is 25.4 Å². The number of aromatic nitrogens is 1. The number of pyridine rings is 1. The topological polar surface area (TPSA) is 68.3 Å². The maximum atomic E-state index is 12.0. The zero-order chi connectivity index (χ0) is 13.7. The summed E-state index contributed by atoms with van der Waals surface area (Å²) < 4.78 is 5.11. The normalized spacial score (nSPS) is 9.74. The number of ether oxygens (including phenoxy) is 1. The standard InChI is InChI=1S/C14H11N2O3/c1-19-12-5-3-2-4-11(12)14(18)16-13-7-6-10(9-17)8-15-13/h2-8H,1H3,(H,15,16,18). The minimum Gasteiger partial charge on any atom is -0.496 e. The smallest absolute Gasteiger partial charge is 0.260 e. The van der Waals surface area contributed by atoms with Gasteiger partial charge in [0.25, 0.3) is 5.91 Å². The summed E-state index contributed by atoms with van der Waals surface area (Å²) in [5.74, 6) is 0.514. The first kappa shape index (κ1) is 12.8. The Bertz CT molecular complexity index is 594. The second-order valence-electron chi connectivity index (χ2n) is 3.69. The van der Waals surface area contributed by atoms with Crippen molar-refractivity contribution in [1.29, 1.82) is 0 Å². The van der Waals surface area contributed by atoms with Gasteiger partial charge < -0.3 is 10.1 Å². The second kappa shape index (κ2) is 5.77. The molecule has 0 spiro atoms. The highest BCUT2D eigenvalue weighted by Gasteiger charge is 2.11. The molecule has 0 aliphatic carbocycles. The third-order valence-corrected chi connectivity index (χ3v) is 2.47. The van der Waals surface area contributed by atoms with Crippen LogP contribution < -0.4 is 10.1 Å². The third-order valence-electron chi connectivity index (χ3n) is 2.47. The number of methoxy groups -OCH3 is 1. The summed E-state index contributed by atoms with van der Waals surface area (Å²) in [6.45, 7) is 0. The lowest BCUT2D eigenvalue weighted by atomic mass is 10.2. The summed E-state index contributed by atoms with van der Waals surface area (Å²) in [6.07, 6.45) is 3.05. The molecule has 1 aromatic heterocycles. The van der Waals surface area contributed by atoms with Crippen LogP contribution in [0.25, 0.3) is 0 Å². The molecule has 1 radical (unpaired) electrons. The number of carbonyl (C=O) groups is 1. The van der Waals surface area contributed by atoms with Crippen molar-refractivity contribution in [2.24, 2.45) is 0 Å². The Hall–Kier alpha value is -2.69. The van der Waals surface area contributed by atoms with Crippen molar-refractivity contribution in [3.63, 3.8) is 0 Å². The van der Waals surface area contributed by atoms with Crippen molar-refractivity contribution < 1.29 is 14.3 Å². The molecule has 0 aliphatic rings. The molecule has 0 bridgehead atoms. The Morgan fingerprint density at radius 3 is 2.68 bits per heavy atom. The van der Waals surface area contributed by atoms with E-state index in [1.54, 1.807) is 30.6 Å². The van der Waals surface area contributed by atoms with E-state index < -0.39 is 0 Å². The minimum absolute atomic E-state index is 0.326. The molecule has 5 heteroatoms. The fraction of sp³-hybridized carbons (Fsp3) is 0.0714. The molecule has 1 heterocycles. The monoisotopic (exact) mass is 255 g/mol. The number of anilines is 1. The highest BCUT2D eigenvalue weighted by atomic mass is 16.5. The SMILES string of the molecule is COc1ccccc1C(=O)Nc1ccc([C]=O)cn1. The minimum atomic E-state index is -0.326. The van der Waals surface area contributed by atoms with Crippen molar-refractivity contribution in [1.82, 2.24) is 4.98 Å². The van der Waals surface area contributed by atoms with Crippen LogP contribution in [-0.2, 0) is 4.79 Å². The molecule has 0 aliphatic heterocycles. The number of para-hydroxylation sites is 1. The first-order chi connectivity index (χ1) is 9.24. The van der Waals surface area contributed by atoms with Crippen molar-refractivity contribution in [2.45, 2.75) is 0 Å². The van der Waals surface area contributed by atoms with Crippen LogP contribution >= 0.6 is 0 Å². The first-order valence-corrected chi connectivity index (χ1v) is 5.53. The molecule has 5 nitrogen and oxygen atoms in total. The van der Waals surface area contributed by atoms with Gasteiger partial charge in [-0.25, -0.2) is 4.98 Å². The number of amides is 1. The molecule has 95 valence electrons. The van der Waals surface area contributed by atoms with Crippen LogP contribution in [0, 0.1) is 0 Å². The fourth-order valence-electron chi connectivity index (χ4n) is 1.54. The third kappa shape index (κ3) is 2.95. The van der Waals surface area contributed by atoms with Crippen LogP contribution in [0.1, 0.15) is 15.9 Å². The molecule has 0 atom stereocenters. The van der Waals surface area contributed by atoms with Gasteiger partial charge in [0.05, 0.1) is 12.7 Å². The van der Waals surface area contributed by atoms with Gasteiger partial charge in [-0.05, 0) is 24.3 Å². The molecule has 0 saturated carbocycles. The second-order valence-corrected chi connectivity index (χ2v) is 3.69. The summed E-state index contributed by atoms with van der Waals surface area (Å²) in [4.78, 5) is 26.4. The molecule has 2 aromatic rings. The predicted octanol–water partition coefficient (Wildman–Crippen LogP) is 1.80. The molecule has 2 rings (SSSR count). The van der Waals surface area contributed by atoms with E-state index in [1.807, 2.05) is 0 Å². The Labute approximate surface area is 110 Å². The van der Waals surface area contributed by atoms with Crippen molar-refractivity contribution in [3.05, 3.63) is 53.7 Å². The van der Waals surface area contributed by atoms with Crippen LogP contribution in [0.5, 0.6) is 5.75 Å². The Kier molecular flexibility index (Phi) is 3.87. The predicted molar refractivity (Wildman–Crippen MR) is 70.0 cm³/mol. The maximum Gasteiger partial charge on any atom is 0.260 e. The van der Waals surface area contributed by atoms with Crippen molar-refractivity contribution >= 4 is 18.0 Å². The molecule has 1 N–H and O–H groups in total. The molecular weight excluding hydrogens is 244 g/mol. The maximum absolute atomic E-state index is 12.0. The quantitative estimate of drug-likeness (QED) is 0.904. The van der Waals surface area contributed by atoms with E-state index in [0.29, 0.717) is 22.7 Å². The van der Waals surface area contributed by atoms with E-state index >= 15 is 0 Å². The molecule has 19 heavy (non-hydrogen) atoms. The van der Waals surface area contributed by atoms with Gasteiger partial charge >= 0.3 is 0 Å². The summed E-state index contributed by atoms with van der Waals surface area (Å²) in [5, 5.41) is 2.62. The van der Waals surface area contributed by atoms with E-state index in [2.05, 4.69) is 10.3 Å². The highest BCUT2D eigenvalue weighted by Crippen LogP contribution is 2.18. The lowest BCUT2D eigenvalue weighted by molar-refractivity contribution is 0.102. The zero-order valence-electron chi connectivity index (χ0n) is 10.2. The van der Waals surface area contributed by atoms with Crippen LogP contribution in [-0.4, -0.2) is 24.3 Å². The van der Waals surface area contributed by atoms with E-state index in [-0.39, 0.29) is 5.91 Å². The van der Waals surface area contributed by atoms with Gasteiger partial charge in [-0.1, -0.05) is 12.1 Å². The molecule has 0 fully saturated rings.